The highest BCUT2D eigenvalue weighted by Gasteiger charge is 2.07. The molecule has 0 atom stereocenters. The number of aliphatic hydroxyl groups excluding tert-OH is 1. The third kappa shape index (κ3) is 3.51. The predicted octanol–water partition coefficient (Wildman–Crippen LogP) is 2.30. The fourth-order valence-electron chi connectivity index (χ4n) is 2.02. The molecule has 0 saturated heterocycles. The van der Waals surface area contributed by atoms with Crippen LogP contribution in [0, 0.1) is 6.92 Å². The highest BCUT2D eigenvalue weighted by atomic mass is 16.3. The number of rotatable bonds is 5. The minimum absolute atomic E-state index is 0.0336. The van der Waals surface area contributed by atoms with Crippen molar-refractivity contribution in [3.8, 4) is 0 Å². The summed E-state index contributed by atoms with van der Waals surface area (Å²) in [6, 6.07) is 9.93. The van der Waals surface area contributed by atoms with Crippen molar-refractivity contribution in [1.82, 2.24) is 9.97 Å². The second kappa shape index (κ2) is 6.29. The van der Waals surface area contributed by atoms with Gasteiger partial charge < -0.3 is 10.0 Å². The monoisotopic (exact) mass is 257 g/mol. The van der Waals surface area contributed by atoms with Gasteiger partial charge >= 0.3 is 0 Å². The molecular weight excluding hydrogens is 238 g/mol. The van der Waals surface area contributed by atoms with Crippen LogP contribution in [0.1, 0.15) is 24.0 Å². The van der Waals surface area contributed by atoms with Crippen LogP contribution in [0.15, 0.2) is 36.5 Å². The summed E-state index contributed by atoms with van der Waals surface area (Å²) >= 11 is 0. The Balaban J connectivity index is 2.19. The molecule has 0 fully saturated rings. The Morgan fingerprint density at radius 3 is 2.74 bits per heavy atom. The number of aliphatic hydroxyl groups is 1. The molecule has 0 aliphatic carbocycles. The van der Waals surface area contributed by atoms with Crippen LogP contribution >= 0.6 is 0 Å². The lowest BCUT2D eigenvalue weighted by molar-refractivity contribution is 0.277. The highest BCUT2D eigenvalue weighted by molar-refractivity contribution is 5.46. The summed E-state index contributed by atoms with van der Waals surface area (Å²) in [5.74, 6) is 0. The molecule has 0 amide bonds. The van der Waals surface area contributed by atoms with Gasteiger partial charge in [-0.15, -0.1) is 0 Å². The number of hydrogen-bond acceptors (Lipinski definition) is 4. The first kappa shape index (κ1) is 13.5. The number of hydrogen-bond donors (Lipinski definition) is 1. The van der Waals surface area contributed by atoms with Crippen molar-refractivity contribution in [2.24, 2.45) is 0 Å². The van der Waals surface area contributed by atoms with Gasteiger partial charge in [0, 0.05) is 24.1 Å². The number of anilines is 1. The molecule has 2 aromatic rings. The first-order valence-electron chi connectivity index (χ1n) is 6.46. The first-order valence-corrected chi connectivity index (χ1v) is 6.46. The van der Waals surface area contributed by atoms with Crippen LogP contribution in [0.3, 0.4) is 0 Å². The fourth-order valence-corrected chi connectivity index (χ4v) is 2.02. The van der Waals surface area contributed by atoms with E-state index in [0.717, 1.165) is 30.2 Å². The molecule has 2 rings (SSSR count). The molecule has 2 aromatic heterocycles. The normalized spacial score (nSPS) is 10.5. The second-order valence-corrected chi connectivity index (χ2v) is 4.45. The summed E-state index contributed by atoms with van der Waals surface area (Å²) in [4.78, 5) is 10.8. The van der Waals surface area contributed by atoms with Crippen LogP contribution in [0.5, 0.6) is 0 Å². The summed E-state index contributed by atoms with van der Waals surface area (Å²) in [5.41, 5.74) is 3.82. The van der Waals surface area contributed by atoms with Crippen LogP contribution in [0.2, 0.25) is 0 Å². The van der Waals surface area contributed by atoms with Crippen molar-refractivity contribution >= 4 is 5.69 Å². The minimum atomic E-state index is -0.0336. The van der Waals surface area contributed by atoms with E-state index in [0.29, 0.717) is 5.69 Å². The van der Waals surface area contributed by atoms with Crippen LogP contribution < -0.4 is 4.90 Å². The Kier molecular flexibility index (Phi) is 4.47. The summed E-state index contributed by atoms with van der Waals surface area (Å²) in [6.45, 7) is 5.70. The molecule has 0 radical (unpaired) electrons. The van der Waals surface area contributed by atoms with Gasteiger partial charge in [-0.25, -0.2) is 0 Å². The molecular formula is C15H19N3O. The van der Waals surface area contributed by atoms with Crippen molar-refractivity contribution in [3.05, 3.63) is 53.6 Å². The molecule has 19 heavy (non-hydrogen) atoms. The van der Waals surface area contributed by atoms with Gasteiger partial charge in [0.25, 0.3) is 0 Å². The number of aryl methyl sites for hydroxylation is 1. The molecule has 100 valence electrons. The van der Waals surface area contributed by atoms with E-state index in [2.05, 4.69) is 21.8 Å². The van der Waals surface area contributed by atoms with Crippen molar-refractivity contribution < 1.29 is 5.11 Å². The molecule has 0 aliphatic rings. The molecule has 0 spiro atoms. The Morgan fingerprint density at radius 2 is 2.05 bits per heavy atom. The molecule has 0 bridgehead atoms. The van der Waals surface area contributed by atoms with E-state index in [-0.39, 0.29) is 6.61 Å². The summed E-state index contributed by atoms with van der Waals surface area (Å²) < 4.78 is 0. The summed E-state index contributed by atoms with van der Waals surface area (Å²) in [7, 11) is 0. The van der Waals surface area contributed by atoms with Gasteiger partial charge in [-0.05, 0) is 38.1 Å². The van der Waals surface area contributed by atoms with Gasteiger partial charge in [-0.3, -0.25) is 9.97 Å². The van der Waals surface area contributed by atoms with Gasteiger partial charge in [-0.2, -0.15) is 0 Å². The Morgan fingerprint density at radius 1 is 1.21 bits per heavy atom. The van der Waals surface area contributed by atoms with Gasteiger partial charge in [-0.1, -0.05) is 6.07 Å². The van der Waals surface area contributed by atoms with E-state index in [4.69, 9.17) is 5.11 Å². The van der Waals surface area contributed by atoms with Gasteiger partial charge in [0.15, 0.2) is 0 Å². The van der Waals surface area contributed by atoms with Crippen LogP contribution in [0.25, 0.3) is 0 Å². The van der Waals surface area contributed by atoms with Crippen LogP contribution in [0.4, 0.5) is 5.69 Å². The Hall–Kier alpha value is -1.94. The van der Waals surface area contributed by atoms with E-state index in [1.165, 1.54) is 0 Å². The van der Waals surface area contributed by atoms with E-state index >= 15 is 0 Å². The predicted molar refractivity (Wildman–Crippen MR) is 75.9 cm³/mol. The number of pyridine rings is 2. The summed E-state index contributed by atoms with van der Waals surface area (Å²) in [6.07, 6.45) is 1.73. The zero-order valence-electron chi connectivity index (χ0n) is 11.4. The fraction of sp³-hybridized carbons (Fsp3) is 0.333. The molecule has 4 heteroatoms. The Bertz CT molecular complexity index is 542. The maximum absolute atomic E-state index is 9.15. The Labute approximate surface area is 113 Å². The molecule has 0 saturated carbocycles. The van der Waals surface area contributed by atoms with E-state index < -0.39 is 0 Å². The molecule has 2 heterocycles. The van der Waals surface area contributed by atoms with Gasteiger partial charge in [0.1, 0.15) is 0 Å². The van der Waals surface area contributed by atoms with Gasteiger partial charge in [0.2, 0.25) is 0 Å². The molecule has 0 aliphatic heterocycles. The van der Waals surface area contributed by atoms with Crippen molar-refractivity contribution in [3.63, 3.8) is 0 Å². The average Bonchev–Trinajstić information content (AvgIpc) is 2.45. The van der Waals surface area contributed by atoms with Crippen molar-refractivity contribution in [2.45, 2.75) is 27.0 Å². The number of nitrogens with zero attached hydrogens (tertiary/aromatic N) is 3. The maximum atomic E-state index is 9.15. The van der Waals surface area contributed by atoms with E-state index in [9.17, 15) is 0 Å². The lowest BCUT2D eigenvalue weighted by Gasteiger charge is -2.23. The molecule has 4 nitrogen and oxygen atoms in total. The SMILES string of the molecule is CCN(Cc1cccc(C)n1)c1ccnc(CO)c1. The topological polar surface area (TPSA) is 49.2 Å². The zero-order chi connectivity index (χ0) is 13.7. The third-order valence-electron chi connectivity index (χ3n) is 3.01. The lowest BCUT2D eigenvalue weighted by atomic mass is 10.2. The lowest BCUT2D eigenvalue weighted by Crippen LogP contribution is -2.23. The standard InChI is InChI=1S/C15H19N3O/c1-3-18(10-13-6-4-5-12(2)17-13)15-7-8-16-14(9-15)11-19/h4-9,19H,3,10-11H2,1-2H3. The van der Waals surface area contributed by atoms with Crippen molar-refractivity contribution in [2.75, 3.05) is 11.4 Å². The first-order chi connectivity index (χ1) is 9.22. The molecule has 1 N–H and O–H groups in total. The summed E-state index contributed by atoms with van der Waals surface area (Å²) in [5, 5.41) is 9.15. The molecule has 0 unspecified atom stereocenters. The van der Waals surface area contributed by atoms with Crippen LogP contribution in [-0.2, 0) is 13.2 Å². The quantitative estimate of drug-likeness (QED) is 0.893. The van der Waals surface area contributed by atoms with Crippen molar-refractivity contribution in [1.29, 1.82) is 0 Å². The largest absolute Gasteiger partial charge is 0.390 e. The van der Waals surface area contributed by atoms with E-state index in [1.807, 2.05) is 37.3 Å². The van der Waals surface area contributed by atoms with Crippen LogP contribution in [-0.4, -0.2) is 21.6 Å². The minimum Gasteiger partial charge on any atom is -0.390 e. The highest BCUT2D eigenvalue weighted by Crippen LogP contribution is 2.17. The smallest absolute Gasteiger partial charge is 0.0853 e. The second-order valence-electron chi connectivity index (χ2n) is 4.45. The third-order valence-corrected chi connectivity index (χ3v) is 3.01. The van der Waals surface area contributed by atoms with Gasteiger partial charge in [0.05, 0.1) is 24.5 Å². The zero-order valence-corrected chi connectivity index (χ0v) is 11.4. The number of aromatic nitrogens is 2. The van der Waals surface area contributed by atoms with E-state index in [1.54, 1.807) is 6.20 Å². The maximum Gasteiger partial charge on any atom is 0.0853 e. The average molecular weight is 257 g/mol. The molecule has 0 aromatic carbocycles.